The monoisotopic (exact) mass is 473 g/mol. The number of aromatic amines is 1. The van der Waals surface area contributed by atoms with Gasteiger partial charge in [0.05, 0.1) is 22.4 Å². The molecular formula is C27H31N5O3. The van der Waals surface area contributed by atoms with Crippen LogP contribution < -0.4 is 10.6 Å². The molecule has 0 saturated heterocycles. The molecular weight excluding hydrogens is 442 g/mol. The van der Waals surface area contributed by atoms with Crippen LogP contribution in [0.25, 0.3) is 11.3 Å². The molecule has 182 valence electrons. The fourth-order valence-electron chi connectivity index (χ4n) is 4.77. The number of carbonyl (C=O) groups excluding carboxylic acids is 3. The van der Waals surface area contributed by atoms with E-state index < -0.39 is 5.41 Å². The first-order chi connectivity index (χ1) is 16.8. The maximum Gasteiger partial charge on any atom is 0.229 e. The second-order valence-corrected chi connectivity index (χ2v) is 9.15. The first kappa shape index (κ1) is 24.2. The lowest BCUT2D eigenvalue weighted by molar-refractivity contribution is -0.141. The lowest BCUT2D eigenvalue weighted by Gasteiger charge is -2.35. The number of benzene rings is 1. The molecule has 3 N–H and O–H groups in total. The predicted molar refractivity (Wildman–Crippen MR) is 137 cm³/mol. The number of nitrogens with zero attached hydrogens (tertiary/aromatic N) is 2. The molecule has 35 heavy (non-hydrogen) atoms. The number of nitrogens with one attached hydrogen (secondary N) is 3. The van der Waals surface area contributed by atoms with Crippen LogP contribution in [0.15, 0.2) is 48.7 Å². The largest absolute Gasteiger partial charge is 0.356 e. The van der Waals surface area contributed by atoms with E-state index in [1.165, 1.54) is 6.92 Å². The highest BCUT2D eigenvalue weighted by Gasteiger charge is 2.44. The molecule has 8 heteroatoms. The Balaban J connectivity index is 1.82. The molecule has 8 nitrogen and oxygen atoms in total. The number of para-hydroxylation sites is 1. The molecule has 0 spiro atoms. The lowest BCUT2D eigenvalue weighted by Crippen LogP contribution is -2.46. The smallest absolute Gasteiger partial charge is 0.229 e. The van der Waals surface area contributed by atoms with Crippen molar-refractivity contribution in [1.29, 1.82) is 0 Å². The summed E-state index contributed by atoms with van der Waals surface area (Å²) < 4.78 is 0. The van der Waals surface area contributed by atoms with Gasteiger partial charge in [-0.1, -0.05) is 18.2 Å². The third-order valence-electron chi connectivity index (χ3n) is 6.44. The van der Waals surface area contributed by atoms with Gasteiger partial charge in [0.1, 0.15) is 5.82 Å². The van der Waals surface area contributed by atoms with Crippen molar-refractivity contribution in [1.82, 2.24) is 14.9 Å². The number of hydrogen-bond acceptors (Lipinski definition) is 5. The number of H-pyrrole nitrogens is 1. The summed E-state index contributed by atoms with van der Waals surface area (Å²) in [4.78, 5) is 47.9. The zero-order valence-electron chi connectivity index (χ0n) is 20.6. The summed E-state index contributed by atoms with van der Waals surface area (Å²) in [5, 5.41) is 6.12. The number of aromatic nitrogens is 2. The minimum absolute atomic E-state index is 0.00734. The van der Waals surface area contributed by atoms with E-state index in [1.54, 1.807) is 17.2 Å². The maximum absolute atomic E-state index is 13.6. The van der Waals surface area contributed by atoms with Crippen molar-refractivity contribution >= 4 is 34.8 Å². The van der Waals surface area contributed by atoms with E-state index in [9.17, 15) is 14.4 Å². The molecule has 0 aliphatic heterocycles. The van der Waals surface area contributed by atoms with Crippen LogP contribution in [0.4, 0.5) is 17.2 Å². The highest BCUT2D eigenvalue weighted by Crippen LogP contribution is 2.44. The molecule has 3 aromatic rings. The molecule has 2 aromatic heterocycles. The second-order valence-electron chi connectivity index (χ2n) is 9.15. The number of pyridine rings is 1. The first-order valence-electron chi connectivity index (χ1n) is 11.9. The highest BCUT2D eigenvalue weighted by molar-refractivity contribution is 6.10. The Hall–Kier alpha value is -3.94. The molecule has 0 bridgehead atoms. The van der Waals surface area contributed by atoms with Crippen LogP contribution in [0.1, 0.15) is 50.2 Å². The van der Waals surface area contributed by atoms with Crippen molar-refractivity contribution in [2.75, 3.05) is 23.7 Å². The molecule has 0 fully saturated rings. The van der Waals surface area contributed by atoms with E-state index in [0.29, 0.717) is 42.3 Å². The average molecular weight is 474 g/mol. The number of rotatable bonds is 7. The van der Waals surface area contributed by atoms with Crippen molar-refractivity contribution in [3.8, 4) is 11.3 Å². The van der Waals surface area contributed by atoms with Gasteiger partial charge in [0.25, 0.3) is 0 Å². The molecule has 0 saturated carbocycles. The van der Waals surface area contributed by atoms with Crippen LogP contribution in [0.3, 0.4) is 0 Å². The fraction of sp³-hybridized carbons (Fsp3) is 0.333. The normalized spacial score (nSPS) is 17.0. The number of amides is 2. The van der Waals surface area contributed by atoms with E-state index in [-0.39, 0.29) is 24.0 Å². The van der Waals surface area contributed by atoms with E-state index >= 15 is 0 Å². The Morgan fingerprint density at radius 3 is 2.49 bits per heavy atom. The number of fused-ring (bicyclic) bond motifs is 1. The Morgan fingerprint density at radius 1 is 1.11 bits per heavy atom. The Morgan fingerprint density at radius 2 is 1.83 bits per heavy atom. The Bertz CT molecular complexity index is 1260. The van der Waals surface area contributed by atoms with Gasteiger partial charge in [-0.25, -0.2) is 4.98 Å². The second kappa shape index (κ2) is 9.74. The molecule has 1 aliphatic carbocycles. The summed E-state index contributed by atoms with van der Waals surface area (Å²) in [7, 11) is 0. The van der Waals surface area contributed by atoms with Gasteiger partial charge < -0.3 is 20.5 Å². The summed E-state index contributed by atoms with van der Waals surface area (Å²) in [5.74, 6) is 0.114. The van der Waals surface area contributed by atoms with Gasteiger partial charge in [0, 0.05) is 56.0 Å². The third kappa shape index (κ3) is 4.82. The maximum atomic E-state index is 13.6. The molecule has 1 atom stereocenters. The molecule has 4 rings (SSSR count). The van der Waals surface area contributed by atoms with Crippen LogP contribution in [-0.2, 0) is 16.0 Å². The number of carbonyl (C=O) groups is 3. The van der Waals surface area contributed by atoms with E-state index in [0.717, 1.165) is 16.9 Å². The van der Waals surface area contributed by atoms with Crippen molar-refractivity contribution in [2.24, 2.45) is 5.41 Å². The van der Waals surface area contributed by atoms with Crippen molar-refractivity contribution in [3.63, 3.8) is 0 Å². The minimum Gasteiger partial charge on any atom is -0.356 e. The van der Waals surface area contributed by atoms with Crippen LogP contribution in [-0.4, -0.2) is 45.6 Å². The summed E-state index contributed by atoms with van der Waals surface area (Å²) in [6.07, 6.45) is 2.18. The Labute approximate surface area is 205 Å². The van der Waals surface area contributed by atoms with E-state index in [4.69, 9.17) is 0 Å². The van der Waals surface area contributed by atoms with Crippen LogP contribution in [0.2, 0.25) is 0 Å². The number of Topliss-reactive ketones (excluding diaryl/α,β-unsaturated/α-hetero) is 1. The third-order valence-corrected chi connectivity index (χ3v) is 6.44. The molecule has 2 amide bonds. The van der Waals surface area contributed by atoms with Gasteiger partial charge in [0.15, 0.2) is 5.78 Å². The van der Waals surface area contributed by atoms with Gasteiger partial charge in [-0.3, -0.25) is 14.4 Å². The van der Waals surface area contributed by atoms with E-state index in [1.807, 2.05) is 57.2 Å². The zero-order valence-corrected chi connectivity index (χ0v) is 20.6. The predicted octanol–water partition coefficient (Wildman–Crippen LogP) is 4.78. The van der Waals surface area contributed by atoms with E-state index in [2.05, 4.69) is 20.6 Å². The number of ketones is 1. The van der Waals surface area contributed by atoms with Crippen LogP contribution in [0.5, 0.6) is 0 Å². The standard InChI is InChI=1S/C27H31N5O3/c1-5-32(6-2)26(35)27(4)15-20-23(21(34)16-27)25(30-19-10-8-7-9-11-19)24(31-20)18-12-13-28-22(14-18)29-17(3)33/h7-14,30-31H,5-6,15-16H2,1-4H3,(H,28,29,33). The summed E-state index contributed by atoms with van der Waals surface area (Å²) in [6, 6.07) is 13.2. The molecule has 0 radical (unpaired) electrons. The SMILES string of the molecule is CCN(CC)C(=O)C1(C)CC(=O)c2c([nH]c(-c3ccnc(NC(C)=O)c3)c2Nc2ccccc2)C1. The summed E-state index contributed by atoms with van der Waals surface area (Å²) >= 11 is 0. The molecule has 1 aromatic carbocycles. The number of anilines is 3. The van der Waals surface area contributed by atoms with Crippen LogP contribution >= 0.6 is 0 Å². The quantitative estimate of drug-likeness (QED) is 0.458. The van der Waals surface area contributed by atoms with Crippen molar-refractivity contribution in [3.05, 3.63) is 59.9 Å². The van der Waals surface area contributed by atoms with Gasteiger partial charge in [-0.15, -0.1) is 0 Å². The minimum atomic E-state index is -0.818. The topological polar surface area (TPSA) is 107 Å². The first-order valence-corrected chi connectivity index (χ1v) is 11.9. The van der Waals surface area contributed by atoms with Crippen LogP contribution in [0, 0.1) is 5.41 Å². The highest BCUT2D eigenvalue weighted by atomic mass is 16.2. The lowest BCUT2D eigenvalue weighted by atomic mass is 9.73. The van der Waals surface area contributed by atoms with Crippen molar-refractivity contribution in [2.45, 2.75) is 40.5 Å². The fourth-order valence-corrected chi connectivity index (χ4v) is 4.77. The zero-order chi connectivity index (χ0) is 25.2. The molecule has 1 unspecified atom stereocenters. The molecule has 1 aliphatic rings. The Kier molecular flexibility index (Phi) is 6.73. The van der Waals surface area contributed by atoms with Gasteiger partial charge in [-0.2, -0.15) is 0 Å². The number of hydrogen-bond donors (Lipinski definition) is 3. The average Bonchev–Trinajstić information content (AvgIpc) is 3.18. The van der Waals surface area contributed by atoms with Crippen molar-refractivity contribution < 1.29 is 14.4 Å². The summed E-state index contributed by atoms with van der Waals surface area (Å²) in [6.45, 7) is 8.41. The van der Waals surface area contributed by atoms with Gasteiger partial charge >= 0.3 is 0 Å². The van der Waals surface area contributed by atoms with Gasteiger partial charge in [-0.05, 0) is 45.0 Å². The van der Waals surface area contributed by atoms with Gasteiger partial charge in [0.2, 0.25) is 11.8 Å². The molecule has 2 heterocycles. The summed E-state index contributed by atoms with van der Waals surface area (Å²) in [5.41, 5.74) is 3.46.